The van der Waals surface area contributed by atoms with Crippen LogP contribution >= 0.6 is 34.3 Å². The SMILES string of the molecule is Cc1cccc2sc(NC(=O)c3csc(NC(=O)c4ccc(Cl)cc4)n3)nc12. The van der Waals surface area contributed by atoms with Crippen LogP contribution in [0.1, 0.15) is 26.4 Å². The standard InChI is InChI=1S/C19H13ClN4O2S2/c1-10-3-2-4-14-15(10)22-19(28-14)24-17(26)13-9-27-18(21-13)23-16(25)11-5-7-12(20)8-6-11/h2-9H,1H3,(H,21,23,25)(H,22,24,26). The maximum absolute atomic E-state index is 12.5. The summed E-state index contributed by atoms with van der Waals surface area (Å²) >= 11 is 8.40. The van der Waals surface area contributed by atoms with E-state index in [0.29, 0.717) is 20.8 Å². The zero-order valence-corrected chi connectivity index (χ0v) is 16.9. The summed E-state index contributed by atoms with van der Waals surface area (Å²) in [6, 6.07) is 12.4. The lowest BCUT2D eigenvalue weighted by atomic mass is 10.2. The minimum atomic E-state index is -0.375. The molecule has 0 atom stereocenters. The molecule has 0 fully saturated rings. The third-order valence-corrected chi connectivity index (χ3v) is 5.85. The van der Waals surface area contributed by atoms with E-state index in [0.717, 1.165) is 15.8 Å². The lowest BCUT2D eigenvalue weighted by Crippen LogP contribution is -2.14. The molecule has 0 saturated carbocycles. The number of anilines is 2. The summed E-state index contributed by atoms with van der Waals surface area (Å²) in [6.07, 6.45) is 0. The van der Waals surface area contributed by atoms with Gasteiger partial charge in [-0.25, -0.2) is 9.97 Å². The highest BCUT2D eigenvalue weighted by atomic mass is 35.5. The molecule has 2 amide bonds. The fourth-order valence-electron chi connectivity index (χ4n) is 2.51. The summed E-state index contributed by atoms with van der Waals surface area (Å²) in [4.78, 5) is 33.3. The number of rotatable bonds is 4. The smallest absolute Gasteiger partial charge is 0.276 e. The van der Waals surface area contributed by atoms with Crippen molar-refractivity contribution in [3.8, 4) is 0 Å². The van der Waals surface area contributed by atoms with E-state index in [-0.39, 0.29) is 17.5 Å². The Hall–Kier alpha value is -2.81. The van der Waals surface area contributed by atoms with Gasteiger partial charge in [-0.3, -0.25) is 20.2 Å². The molecule has 0 aliphatic heterocycles. The molecule has 4 aromatic rings. The largest absolute Gasteiger partial charge is 0.298 e. The first kappa shape index (κ1) is 18.5. The first-order valence-electron chi connectivity index (χ1n) is 8.19. The number of nitrogens with zero attached hydrogens (tertiary/aromatic N) is 2. The van der Waals surface area contributed by atoms with Crippen molar-refractivity contribution in [2.45, 2.75) is 6.92 Å². The number of nitrogens with one attached hydrogen (secondary N) is 2. The van der Waals surface area contributed by atoms with Crippen molar-refractivity contribution in [1.29, 1.82) is 0 Å². The topological polar surface area (TPSA) is 84.0 Å². The van der Waals surface area contributed by atoms with E-state index < -0.39 is 0 Å². The summed E-state index contributed by atoms with van der Waals surface area (Å²) in [5.41, 5.74) is 2.59. The number of hydrogen-bond donors (Lipinski definition) is 2. The van der Waals surface area contributed by atoms with Crippen LogP contribution < -0.4 is 10.6 Å². The zero-order chi connectivity index (χ0) is 19.7. The summed E-state index contributed by atoms with van der Waals surface area (Å²) in [7, 11) is 0. The Morgan fingerprint density at radius 2 is 1.71 bits per heavy atom. The maximum atomic E-state index is 12.5. The second kappa shape index (κ2) is 7.67. The number of thiazole rings is 2. The van der Waals surface area contributed by atoms with Gasteiger partial charge in [-0.15, -0.1) is 11.3 Å². The number of para-hydroxylation sites is 1. The van der Waals surface area contributed by atoms with Gasteiger partial charge in [-0.1, -0.05) is 35.1 Å². The van der Waals surface area contributed by atoms with Gasteiger partial charge in [0, 0.05) is 16.0 Å². The molecular weight excluding hydrogens is 416 g/mol. The number of hydrogen-bond acceptors (Lipinski definition) is 6. The molecule has 2 heterocycles. The molecule has 2 N–H and O–H groups in total. The Balaban J connectivity index is 1.45. The average Bonchev–Trinajstić information content (AvgIpc) is 3.30. The van der Waals surface area contributed by atoms with Gasteiger partial charge < -0.3 is 0 Å². The molecule has 0 bridgehead atoms. The normalized spacial score (nSPS) is 10.8. The number of fused-ring (bicyclic) bond motifs is 1. The van der Waals surface area contributed by atoms with Crippen LogP contribution in [0, 0.1) is 6.92 Å². The highest BCUT2D eigenvalue weighted by Crippen LogP contribution is 2.28. The molecular formula is C19H13ClN4O2S2. The fraction of sp³-hybridized carbons (Fsp3) is 0.0526. The van der Waals surface area contributed by atoms with Crippen LogP contribution in [0.5, 0.6) is 0 Å². The number of aryl methyl sites for hydroxylation is 1. The Morgan fingerprint density at radius 1 is 0.964 bits per heavy atom. The third kappa shape index (κ3) is 3.89. The Bertz CT molecular complexity index is 1180. The number of aromatic nitrogens is 2. The van der Waals surface area contributed by atoms with Crippen molar-refractivity contribution < 1.29 is 9.59 Å². The predicted molar refractivity (Wildman–Crippen MR) is 114 cm³/mol. The van der Waals surface area contributed by atoms with Crippen LogP contribution in [-0.4, -0.2) is 21.8 Å². The lowest BCUT2D eigenvalue weighted by Gasteiger charge is -2.01. The minimum absolute atomic E-state index is 0.215. The Labute approximate surface area is 173 Å². The molecule has 9 heteroatoms. The van der Waals surface area contributed by atoms with Gasteiger partial charge >= 0.3 is 0 Å². The van der Waals surface area contributed by atoms with Crippen LogP contribution in [0.15, 0.2) is 47.8 Å². The first-order valence-corrected chi connectivity index (χ1v) is 10.3. The highest BCUT2D eigenvalue weighted by Gasteiger charge is 2.15. The van der Waals surface area contributed by atoms with Crippen LogP contribution in [0.2, 0.25) is 5.02 Å². The number of amides is 2. The van der Waals surface area contributed by atoms with Crippen molar-refractivity contribution in [2.24, 2.45) is 0 Å². The molecule has 0 radical (unpaired) electrons. The van der Waals surface area contributed by atoms with Crippen molar-refractivity contribution >= 4 is 66.6 Å². The molecule has 0 aliphatic rings. The molecule has 140 valence electrons. The molecule has 6 nitrogen and oxygen atoms in total. The number of carbonyl (C=O) groups is 2. The molecule has 0 saturated heterocycles. The van der Waals surface area contributed by atoms with E-state index in [1.807, 2.05) is 25.1 Å². The van der Waals surface area contributed by atoms with E-state index in [2.05, 4.69) is 20.6 Å². The molecule has 2 aromatic carbocycles. The van der Waals surface area contributed by atoms with E-state index in [1.54, 1.807) is 29.6 Å². The van der Waals surface area contributed by atoms with Gasteiger partial charge in [0.1, 0.15) is 5.69 Å². The molecule has 28 heavy (non-hydrogen) atoms. The minimum Gasteiger partial charge on any atom is -0.298 e. The average molecular weight is 429 g/mol. The fourth-order valence-corrected chi connectivity index (χ4v) is 4.26. The first-order chi connectivity index (χ1) is 13.5. The Kier molecular flexibility index (Phi) is 5.08. The van der Waals surface area contributed by atoms with Gasteiger partial charge in [0.15, 0.2) is 10.3 Å². The molecule has 2 aromatic heterocycles. The second-order valence-electron chi connectivity index (χ2n) is 5.89. The number of benzene rings is 2. The third-order valence-electron chi connectivity index (χ3n) is 3.90. The van der Waals surface area contributed by atoms with Crippen LogP contribution in [0.4, 0.5) is 10.3 Å². The second-order valence-corrected chi connectivity index (χ2v) is 8.22. The van der Waals surface area contributed by atoms with Gasteiger partial charge in [0.05, 0.1) is 10.2 Å². The summed E-state index contributed by atoms with van der Waals surface area (Å²) < 4.78 is 1.00. The highest BCUT2D eigenvalue weighted by molar-refractivity contribution is 7.22. The van der Waals surface area contributed by atoms with Crippen LogP contribution in [0.25, 0.3) is 10.2 Å². The predicted octanol–water partition coefficient (Wildman–Crippen LogP) is 5.22. The van der Waals surface area contributed by atoms with Gasteiger partial charge in [0.25, 0.3) is 11.8 Å². The van der Waals surface area contributed by atoms with Crippen molar-refractivity contribution in [1.82, 2.24) is 9.97 Å². The lowest BCUT2D eigenvalue weighted by molar-refractivity contribution is 0.101. The van der Waals surface area contributed by atoms with Crippen LogP contribution in [-0.2, 0) is 0 Å². The quantitative estimate of drug-likeness (QED) is 0.466. The van der Waals surface area contributed by atoms with Crippen LogP contribution in [0.3, 0.4) is 0 Å². The molecule has 0 aliphatic carbocycles. The van der Waals surface area contributed by atoms with Crippen molar-refractivity contribution in [2.75, 3.05) is 10.6 Å². The van der Waals surface area contributed by atoms with E-state index >= 15 is 0 Å². The molecule has 0 spiro atoms. The number of carbonyl (C=O) groups excluding carboxylic acids is 2. The Morgan fingerprint density at radius 3 is 2.46 bits per heavy atom. The summed E-state index contributed by atoms with van der Waals surface area (Å²) in [5, 5.41) is 8.43. The molecule has 4 rings (SSSR count). The summed E-state index contributed by atoms with van der Waals surface area (Å²) in [5.74, 6) is -0.695. The van der Waals surface area contributed by atoms with E-state index in [1.165, 1.54) is 22.7 Å². The van der Waals surface area contributed by atoms with Gasteiger partial charge in [-0.2, -0.15) is 0 Å². The van der Waals surface area contributed by atoms with E-state index in [4.69, 9.17) is 11.6 Å². The number of halogens is 1. The monoisotopic (exact) mass is 428 g/mol. The van der Waals surface area contributed by atoms with Crippen molar-refractivity contribution in [3.63, 3.8) is 0 Å². The summed E-state index contributed by atoms with van der Waals surface area (Å²) in [6.45, 7) is 1.98. The van der Waals surface area contributed by atoms with Gasteiger partial charge in [-0.05, 0) is 42.8 Å². The van der Waals surface area contributed by atoms with Crippen molar-refractivity contribution in [3.05, 3.63) is 69.7 Å². The molecule has 0 unspecified atom stereocenters. The zero-order valence-electron chi connectivity index (χ0n) is 14.5. The van der Waals surface area contributed by atoms with Gasteiger partial charge in [0.2, 0.25) is 0 Å². The van der Waals surface area contributed by atoms with E-state index in [9.17, 15) is 9.59 Å². The maximum Gasteiger partial charge on any atom is 0.276 e.